The summed E-state index contributed by atoms with van der Waals surface area (Å²) in [6.07, 6.45) is 1.81. The summed E-state index contributed by atoms with van der Waals surface area (Å²) in [5.74, 6) is 0. The van der Waals surface area contributed by atoms with Crippen LogP contribution in [0.25, 0.3) is 0 Å². The number of carbonyl (C=O) groups excluding carboxylic acids is 3. The maximum atomic E-state index is 12.5. The summed E-state index contributed by atoms with van der Waals surface area (Å²) in [5.41, 5.74) is 0.680. The maximum absolute atomic E-state index is 12.5. The number of nitrogens with one attached hydrogen (secondary N) is 2. The molecule has 4 amide bonds. The number of hydrogen-bond acceptors (Lipinski definition) is 5. The molecule has 0 unspecified atom stereocenters. The molecule has 1 aromatic rings. The van der Waals surface area contributed by atoms with Crippen molar-refractivity contribution in [2.24, 2.45) is 0 Å². The molecule has 30 heavy (non-hydrogen) atoms. The van der Waals surface area contributed by atoms with Crippen molar-refractivity contribution in [3.05, 3.63) is 24.3 Å². The Balaban J connectivity index is 1.57. The van der Waals surface area contributed by atoms with Crippen LogP contribution in [-0.4, -0.2) is 61.0 Å². The zero-order valence-corrected chi connectivity index (χ0v) is 17.8. The van der Waals surface area contributed by atoms with Crippen LogP contribution in [0.3, 0.4) is 0 Å². The summed E-state index contributed by atoms with van der Waals surface area (Å²) in [6.45, 7) is 7.36. The van der Waals surface area contributed by atoms with Crippen molar-refractivity contribution in [1.82, 2.24) is 10.2 Å². The summed E-state index contributed by atoms with van der Waals surface area (Å²) in [5, 5.41) is 5.76. The molecular weight excluding hydrogens is 388 g/mol. The molecule has 3 rings (SSSR count). The number of likely N-dealkylation sites (tertiary alicyclic amines) is 1. The second-order valence-electron chi connectivity index (χ2n) is 8.53. The van der Waals surface area contributed by atoms with Crippen molar-refractivity contribution in [3.8, 4) is 0 Å². The Morgan fingerprint density at radius 3 is 2.70 bits per heavy atom. The third kappa shape index (κ3) is 6.01. The molecule has 2 aliphatic heterocycles. The topological polar surface area (TPSA) is 100 Å². The fraction of sp³-hybridized carbons (Fsp3) is 0.571. The van der Waals surface area contributed by atoms with Crippen LogP contribution < -0.4 is 15.5 Å². The molecule has 0 saturated carbocycles. The lowest BCUT2D eigenvalue weighted by Crippen LogP contribution is -2.47. The quantitative estimate of drug-likeness (QED) is 0.782. The van der Waals surface area contributed by atoms with Gasteiger partial charge in [-0.15, -0.1) is 0 Å². The van der Waals surface area contributed by atoms with Crippen LogP contribution in [0.15, 0.2) is 24.3 Å². The number of anilines is 2. The molecule has 0 aliphatic carbocycles. The second kappa shape index (κ2) is 9.23. The van der Waals surface area contributed by atoms with Gasteiger partial charge in [0.05, 0.1) is 6.54 Å². The van der Waals surface area contributed by atoms with E-state index < -0.39 is 11.7 Å². The van der Waals surface area contributed by atoms with E-state index in [4.69, 9.17) is 9.47 Å². The Morgan fingerprint density at radius 2 is 2.00 bits per heavy atom. The Hall–Kier alpha value is -2.97. The summed E-state index contributed by atoms with van der Waals surface area (Å²) in [4.78, 5) is 39.9. The van der Waals surface area contributed by atoms with Crippen molar-refractivity contribution in [3.63, 3.8) is 0 Å². The van der Waals surface area contributed by atoms with Crippen molar-refractivity contribution >= 4 is 29.6 Å². The van der Waals surface area contributed by atoms with E-state index in [2.05, 4.69) is 10.6 Å². The van der Waals surface area contributed by atoms with Gasteiger partial charge in [0.15, 0.2) is 0 Å². The van der Waals surface area contributed by atoms with Gasteiger partial charge in [0.25, 0.3) is 0 Å². The third-order valence-corrected chi connectivity index (χ3v) is 4.83. The number of nitrogens with zero attached hydrogens (tertiary/aromatic N) is 2. The van der Waals surface area contributed by atoms with E-state index >= 15 is 0 Å². The zero-order chi connectivity index (χ0) is 21.7. The van der Waals surface area contributed by atoms with Crippen molar-refractivity contribution < 1.29 is 23.9 Å². The molecule has 1 aromatic carbocycles. The van der Waals surface area contributed by atoms with Crippen LogP contribution in [0.5, 0.6) is 0 Å². The number of rotatable bonds is 3. The van der Waals surface area contributed by atoms with E-state index in [0.29, 0.717) is 37.6 Å². The molecule has 1 atom stereocenters. The van der Waals surface area contributed by atoms with E-state index in [-0.39, 0.29) is 18.2 Å². The lowest BCUT2D eigenvalue weighted by atomic mass is 10.1. The van der Waals surface area contributed by atoms with Gasteiger partial charge in [-0.3, -0.25) is 4.90 Å². The van der Waals surface area contributed by atoms with Gasteiger partial charge in [0.2, 0.25) is 0 Å². The zero-order valence-electron chi connectivity index (χ0n) is 17.8. The van der Waals surface area contributed by atoms with Crippen LogP contribution in [-0.2, 0) is 9.47 Å². The Morgan fingerprint density at radius 1 is 1.20 bits per heavy atom. The molecule has 164 valence electrons. The number of hydrogen-bond donors (Lipinski definition) is 2. The number of ether oxygens (including phenoxy) is 2. The van der Waals surface area contributed by atoms with Crippen molar-refractivity contribution in [1.29, 1.82) is 0 Å². The number of benzene rings is 1. The number of urea groups is 1. The van der Waals surface area contributed by atoms with Crippen LogP contribution in [0.4, 0.5) is 25.8 Å². The first-order chi connectivity index (χ1) is 14.2. The smallest absolute Gasteiger partial charge is 0.414 e. The normalized spacial score (nSPS) is 19.7. The Labute approximate surface area is 176 Å². The van der Waals surface area contributed by atoms with Gasteiger partial charge < -0.3 is 25.0 Å². The molecule has 2 N–H and O–H groups in total. The van der Waals surface area contributed by atoms with Gasteiger partial charge >= 0.3 is 18.2 Å². The van der Waals surface area contributed by atoms with Gasteiger partial charge in [-0.25, -0.2) is 14.4 Å². The lowest BCUT2D eigenvalue weighted by Gasteiger charge is -2.28. The van der Waals surface area contributed by atoms with E-state index in [1.54, 1.807) is 29.2 Å². The summed E-state index contributed by atoms with van der Waals surface area (Å²) >= 11 is 0. The van der Waals surface area contributed by atoms with Gasteiger partial charge in [-0.2, -0.15) is 0 Å². The van der Waals surface area contributed by atoms with E-state index in [1.165, 1.54) is 4.90 Å². The maximum Gasteiger partial charge on any atom is 0.414 e. The predicted molar refractivity (Wildman–Crippen MR) is 113 cm³/mol. The van der Waals surface area contributed by atoms with Gasteiger partial charge in [0.1, 0.15) is 12.2 Å². The SMILES string of the molecule is CC(C)(C)OC(=O)N1CCCC[C@H](NC(=O)Nc2cccc(N3CCOC3=O)c2)C1. The number of carbonyl (C=O) groups is 3. The minimum atomic E-state index is -0.559. The standard InChI is InChI=1S/C21H30N4O5/c1-21(2,3)30-19(27)24-10-5-4-7-16(14-24)23-18(26)22-15-8-6-9-17(13-15)25-11-12-29-20(25)28/h6,8-9,13,16H,4-5,7,10-12,14H2,1-3H3,(H2,22,23,26)/t16-/m0/s1. The van der Waals surface area contributed by atoms with E-state index in [0.717, 1.165) is 19.3 Å². The lowest BCUT2D eigenvalue weighted by molar-refractivity contribution is 0.0245. The third-order valence-electron chi connectivity index (χ3n) is 4.83. The highest BCUT2D eigenvalue weighted by Gasteiger charge is 2.27. The summed E-state index contributed by atoms with van der Waals surface area (Å²) < 4.78 is 10.4. The first kappa shape index (κ1) is 21.7. The predicted octanol–water partition coefficient (Wildman–Crippen LogP) is 3.55. The minimum Gasteiger partial charge on any atom is -0.447 e. The van der Waals surface area contributed by atoms with Gasteiger partial charge in [-0.05, 0) is 58.2 Å². The van der Waals surface area contributed by atoms with Crippen molar-refractivity contribution in [2.75, 3.05) is 36.5 Å². The molecule has 9 heteroatoms. The molecule has 2 aliphatic rings. The highest BCUT2D eigenvalue weighted by atomic mass is 16.6. The molecule has 0 spiro atoms. The Bertz CT molecular complexity index is 792. The van der Waals surface area contributed by atoms with E-state index in [1.807, 2.05) is 20.8 Å². The number of amides is 4. The van der Waals surface area contributed by atoms with Crippen LogP contribution >= 0.6 is 0 Å². The van der Waals surface area contributed by atoms with Crippen molar-refractivity contribution in [2.45, 2.75) is 51.7 Å². The molecule has 2 heterocycles. The largest absolute Gasteiger partial charge is 0.447 e. The Kier molecular flexibility index (Phi) is 6.69. The van der Waals surface area contributed by atoms with E-state index in [9.17, 15) is 14.4 Å². The van der Waals surface area contributed by atoms with Gasteiger partial charge in [-0.1, -0.05) is 6.07 Å². The molecule has 0 aromatic heterocycles. The first-order valence-corrected chi connectivity index (χ1v) is 10.3. The number of cyclic esters (lactones) is 1. The highest BCUT2D eigenvalue weighted by Crippen LogP contribution is 2.22. The minimum absolute atomic E-state index is 0.170. The second-order valence-corrected chi connectivity index (χ2v) is 8.53. The highest BCUT2D eigenvalue weighted by molar-refractivity contribution is 5.93. The molecule has 0 bridgehead atoms. The molecule has 0 radical (unpaired) electrons. The molecule has 2 saturated heterocycles. The monoisotopic (exact) mass is 418 g/mol. The summed E-state index contributed by atoms with van der Waals surface area (Å²) in [7, 11) is 0. The van der Waals surface area contributed by atoms with Crippen LogP contribution in [0.2, 0.25) is 0 Å². The van der Waals surface area contributed by atoms with Crippen LogP contribution in [0, 0.1) is 0 Å². The first-order valence-electron chi connectivity index (χ1n) is 10.3. The summed E-state index contributed by atoms with van der Waals surface area (Å²) in [6, 6.07) is 6.52. The van der Waals surface area contributed by atoms with Gasteiger partial charge in [0, 0.05) is 30.5 Å². The molecule has 9 nitrogen and oxygen atoms in total. The average molecular weight is 418 g/mol. The average Bonchev–Trinajstić information content (AvgIpc) is 2.94. The fourth-order valence-corrected chi connectivity index (χ4v) is 3.48. The fourth-order valence-electron chi connectivity index (χ4n) is 3.48. The molecule has 2 fully saturated rings. The molecular formula is C21H30N4O5. The van der Waals surface area contributed by atoms with Crippen LogP contribution in [0.1, 0.15) is 40.0 Å².